The van der Waals surface area contributed by atoms with Gasteiger partial charge in [0, 0.05) is 50.2 Å². The maximum Gasteiger partial charge on any atom is 0.257 e. The lowest BCUT2D eigenvalue weighted by atomic mass is 10.0. The van der Waals surface area contributed by atoms with E-state index in [-0.39, 0.29) is 17.9 Å². The number of hydrogen-bond acceptors (Lipinski definition) is 4. The quantitative estimate of drug-likeness (QED) is 0.767. The highest BCUT2D eigenvalue weighted by atomic mass is 16.2. The molecule has 0 unspecified atom stereocenters. The highest BCUT2D eigenvalue weighted by Crippen LogP contribution is 2.27. The van der Waals surface area contributed by atoms with Crippen LogP contribution in [0.3, 0.4) is 0 Å². The minimum absolute atomic E-state index is 0.0237. The summed E-state index contributed by atoms with van der Waals surface area (Å²) < 4.78 is 3.76. The van der Waals surface area contributed by atoms with Crippen molar-refractivity contribution in [1.82, 2.24) is 24.2 Å². The first kappa shape index (κ1) is 16.5. The van der Waals surface area contributed by atoms with E-state index >= 15 is 0 Å². The molecule has 3 aromatic rings. The number of carbonyl (C=O) groups is 1. The number of imidazole rings is 1. The Kier molecular flexibility index (Phi) is 4.30. The number of aryl methyl sites for hydroxylation is 1. The molecule has 0 radical (unpaired) electrons. The van der Waals surface area contributed by atoms with Gasteiger partial charge < -0.3 is 15.2 Å². The standard InChI is InChI=1S/C19H22N6O/c1-23-13-21-8-18(23)16-11-24(12-17(16)20)19(26)15-7-22-25(10-15)9-14-5-3-2-4-6-14/h2-8,10,13,16-17H,9,11-12,20H2,1H3/t16-,17-/m1/s1. The van der Waals surface area contributed by atoms with Gasteiger partial charge in [0.2, 0.25) is 0 Å². The number of benzene rings is 1. The first-order chi connectivity index (χ1) is 12.6. The molecule has 7 nitrogen and oxygen atoms in total. The van der Waals surface area contributed by atoms with Gasteiger partial charge in [-0.1, -0.05) is 30.3 Å². The molecule has 1 fully saturated rings. The van der Waals surface area contributed by atoms with Crippen LogP contribution in [0.5, 0.6) is 0 Å². The molecule has 3 heterocycles. The maximum atomic E-state index is 12.9. The molecule has 7 heteroatoms. The van der Waals surface area contributed by atoms with E-state index in [1.54, 1.807) is 23.4 Å². The number of likely N-dealkylation sites (tertiary alicyclic amines) is 1. The Bertz CT molecular complexity index is 900. The fourth-order valence-electron chi connectivity index (χ4n) is 3.55. The van der Waals surface area contributed by atoms with Crippen LogP contribution in [-0.4, -0.2) is 49.3 Å². The Morgan fingerprint density at radius 2 is 2.04 bits per heavy atom. The third kappa shape index (κ3) is 3.13. The van der Waals surface area contributed by atoms with Gasteiger partial charge in [-0.3, -0.25) is 9.48 Å². The van der Waals surface area contributed by atoms with E-state index in [9.17, 15) is 4.79 Å². The molecule has 1 aliphatic heterocycles. The molecule has 1 saturated heterocycles. The van der Waals surface area contributed by atoms with Crippen molar-refractivity contribution in [1.29, 1.82) is 0 Å². The van der Waals surface area contributed by atoms with Gasteiger partial charge in [-0.25, -0.2) is 4.98 Å². The van der Waals surface area contributed by atoms with Crippen molar-refractivity contribution in [2.45, 2.75) is 18.5 Å². The Hall–Kier alpha value is -2.93. The van der Waals surface area contributed by atoms with Gasteiger partial charge in [0.15, 0.2) is 0 Å². The molecular weight excluding hydrogens is 328 g/mol. The minimum Gasteiger partial charge on any atom is -0.337 e. The SMILES string of the molecule is Cn1cncc1[C@@H]1CN(C(=O)c2cnn(Cc3ccccc3)c2)C[C@H]1N. The zero-order chi connectivity index (χ0) is 18.1. The lowest BCUT2D eigenvalue weighted by Crippen LogP contribution is -2.32. The zero-order valence-corrected chi connectivity index (χ0v) is 14.7. The number of carbonyl (C=O) groups excluding carboxylic acids is 1. The average Bonchev–Trinajstić information content (AvgIpc) is 3.35. The molecule has 2 aromatic heterocycles. The van der Waals surface area contributed by atoms with Gasteiger partial charge in [0.1, 0.15) is 0 Å². The highest BCUT2D eigenvalue weighted by molar-refractivity contribution is 5.94. The van der Waals surface area contributed by atoms with Gasteiger partial charge in [0.05, 0.1) is 24.6 Å². The summed E-state index contributed by atoms with van der Waals surface area (Å²) in [5, 5.41) is 4.33. The van der Waals surface area contributed by atoms with E-state index in [0.29, 0.717) is 25.2 Å². The van der Waals surface area contributed by atoms with Crippen LogP contribution < -0.4 is 5.73 Å². The van der Waals surface area contributed by atoms with Gasteiger partial charge >= 0.3 is 0 Å². The van der Waals surface area contributed by atoms with Crippen LogP contribution in [0.2, 0.25) is 0 Å². The van der Waals surface area contributed by atoms with E-state index in [1.807, 2.05) is 53.0 Å². The molecule has 1 aliphatic rings. The molecule has 0 bridgehead atoms. The number of aromatic nitrogens is 4. The van der Waals surface area contributed by atoms with Crippen molar-refractivity contribution in [3.63, 3.8) is 0 Å². The van der Waals surface area contributed by atoms with Crippen LogP contribution in [0.1, 0.15) is 27.5 Å². The van der Waals surface area contributed by atoms with Crippen molar-refractivity contribution >= 4 is 5.91 Å². The van der Waals surface area contributed by atoms with Crippen LogP contribution >= 0.6 is 0 Å². The minimum atomic E-state index is -0.0892. The lowest BCUT2D eigenvalue weighted by Gasteiger charge is -2.15. The molecule has 1 amide bonds. The number of nitrogens with zero attached hydrogens (tertiary/aromatic N) is 5. The van der Waals surface area contributed by atoms with Crippen LogP contribution in [0.15, 0.2) is 55.2 Å². The number of hydrogen-bond donors (Lipinski definition) is 1. The predicted octanol–water partition coefficient (Wildman–Crippen LogP) is 1.23. The third-order valence-electron chi connectivity index (χ3n) is 4.95. The van der Waals surface area contributed by atoms with Crippen LogP contribution in [0.25, 0.3) is 0 Å². The number of nitrogens with two attached hydrogens (primary N) is 1. The van der Waals surface area contributed by atoms with Gasteiger partial charge in [-0.05, 0) is 5.56 Å². The van der Waals surface area contributed by atoms with Crippen molar-refractivity contribution in [3.8, 4) is 0 Å². The molecule has 134 valence electrons. The van der Waals surface area contributed by atoms with Crippen molar-refractivity contribution in [3.05, 3.63) is 72.1 Å². The van der Waals surface area contributed by atoms with Crippen molar-refractivity contribution in [2.75, 3.05) is 13.1 Å². The summed E-state index contributed by atoms with van der Waals surface area (Å²) in [7, 11) is 1.95. The zero-order valence-electron chi connectivity index (χ0n) is 14.7. The molecule has 4 rings (SSSR count). The van der Waals surface area contributed by atoms with E-state index in [1.165, 1.54) is 0 Å². The largest absolute Gasteiger partial charge is 0.337 e. The van der Waals surface area contributed by atoms with Crippen LogP contribution in [0.4, 0.5) is 0 Å². The molecule has 1 aromatic carbocycles. The maximum absolute atomic E-state index is 12.9. The van der Waals surface area contributed by atoms with E-state index in [0.717, 1.165) is 11.3 Å². The summed E-state index contributed by atoms with van der Waals surface area (Å²) in [6.07, 6.45) is 7.03. The summed E-state index contributed by atoms with van der Waals surface area (Å²) in [5.74, 6) is 0.0789. The third-order valence-corrected chi connectivity index (χ3v) is 4.95. The van der Waals surface area contributed by atoms with Crippen LogP contribution in [-0.2, 0) is 13.6 Å². The van der Waals surface area contributed by atoms with E-state index in [2.05, 4.69) is 10.1 Å². The van der Waals surface area contributed by atoms with E-state index in [4.69, 9.17) is 5.73 Å². The molecule has 2 atom stereocenters. The van der Waals surface area contributed by atoms with Crippen molar-refractivity contribution in [2.24, 2.45) is 12.8 Å². The Labute approximate surface area is 152 Å². The molecule has 26 heavy (non-hydrogen) atoms. The van der Waals surface area contributed by atoms with Gasteiger partial charge in [0.25, 0.3) is 5.91 Å². The fraction of sp³-hybridized carbons (Fsp3) is 0.316. The lowest BCUT2D eigenvalue weighted by molar-refractivity contribution is 0.0789. The molecule has 0 aliphatic carbocycles. The van der Waals surface area contributed by atoms with Crippen molar-refractivity contribution < 1.29 is 4.79 Å². The number of rotatable bonds is 4. The first-order valence-corrected chi connectivity index (χ1v) is 8.69. The second kappa shape index (κ2) is 6.76. The second-order valence-corrected chi connectivity index (χ2v) is 6.82. The smallest absolute Gasteiger partial charge is 0.257 e. The molecule has 0 spiro atoms. The van der Waals surface area contributed by atoms with Crippen LogP contribution in [0, 0.1) is 0 Å². The average molecular weight is 350 g/mol. The molecule has 2 N–H and O–H groups in total. The topological polar surface area (TPSA) is 82.0 Å². The second-order valence-electron chi connectivity index (χ2n) is 6.82. The Morgan fingerprint density at radius 3 is 2.77 bits per heavy atom. The summed E-state index contributed by atoms with van der Waals surface area (Å²) in [5.41, 5.74) is 9.10. The summed E-state index contributed by atoms with van der Waals surface area (Å²) >= 11 is 0. The molecule has 0 saturated carbocycles. The molecular formula is C19H22N6O. The first-order valence-electron chi connectivity index (χ1n) is 8.69. The fourth-order valence-corrected chi connectivity index (χ4v) is 3.55. The Balaban J connectivity index is 1.46. The number of amides is 1. The predicted molar refractivity (Wildman–Crippen MR) is 97.6 cm³/mol. The van der Waals surface area contributed by atoms with Gasteiger partial charge in [-0.15, -0.1) is 0 Å². The Morgan fingerprint density at radius 1 is 1.23 bits per heavy atom. The monoisotopic (exact) mass is 350 g/mol. The van der Waals surface area contributed by atoms with E-state index < -0.39 is 0 Å². The summed E-state index contributed by atoms with van der Waals surface area (Å²) in [6.45, 7) is 1.78. The highest BCUT2D eigenvalue weighted by Gasteiger charge is 2.36. The van der Waals surface area contributed by atoms with Gasteiger partial charge in [-0.2, -0.15) is 5.10 Å². The summed E-state index contributed by atoms with van der Waals surface area (Å²) in [4.78, 5) is 18.8. The normalized spacial score (nSPS) is 19.8. The summed E-state index contributed by atoms with van der Waals surface area (Å²) in [6, 6.07) is 9.97.